The van der Waals surface area contributed by atoms with E-state index in [1.165, 1.54) is 97.6 Å². The van der Waals surface area contributed by atoms with Crippen molar-refractivity contribution in [2.75, 3.05) is 72.5 Å². The van der Waals surface area contributed by atoms with E-state index < -0.39 is 0 Å². The van der Waals surface area contributed by atoms with Crippen LogP contribution in [0, 0.1) is 0 Å². The fraction of sp³-hybridized carbons (Fsp3) is 1.00. The van der Waals surface area contributed by atoms with Gasteiger partial charge in [0.2, 0.25) is 0 Å². The van der Waals surface area contributed by atoms with Crippen LogP contribution < -0.4 is 5.73 Å². The molecular formula is C18H37N5. The van der Waals surface area contributed by atoms with E-state index in [9.17, 15) is 0 Å². The Bertz CT molecular complexity index is 324. The smallest absolute Gasteiger partial charge is 0.0121 e. The van der Waals surface area contributed by atoms with Gasteiger partial charge in [-0.1, -0.05) is 0 Å². The maximum atomic E-state index is 5.98. The topological polar surface area (TPSA) is 39.0 Å². The first-order valence-electron chi connectivity index (χ1n) is 9.83. The van der Waals surface area contributed by atoms with Gasteiger partial charge < -0.3 is 20.4 Å². The second-order valence-corrected chi connectivity index (χ2v) is 7.94. The molecule has 0 atom stereocenters. The molecular weight excluding hydrogens is 286 g/mol. The Morgan fingerprint density at radius 1 is 0.739 bits per heavy atom. The van der Waals surface area contributed by atoms with Crippen molar-refractivity contribution < 1.29 is 0 Å². The largest absolute Gasteiger partial charge is 0.328 e. The van der Waals surface area contributed by atoms with Crippen molar-refractivity contribution in [1.82, 2.24) is 19.6 Å². The van der Waals surface area contributed by atoms with Gasteiger partial charge in [0.05, 0.1) is 0 Å². The zero-order chi connectivity index (χ0) is 16.1. The van der Waals surface area contributed by atoms with Crippen LogP contribution in [0.15, 0.2) is 0 Å². The predicted molar refractivity (Wildman–Crippen MR) is 96.8 cm³/mol. The average Bonchev–Trinajstić information content (AvgIpc) is 2.58. The summed E-state index contributed by atoms with van der Waals surface area (Å²) in [5.41, 5.74) is 5.98. The number of piperazine rings is 1. The van der Waals surface area contributed by atoms with E-state index in [1.54, 1.807) is 0 Å². The van der Waals surface area contributed by atoms with E-state index in [4.69, 9.17) is 5.73 Å². The molecule has 3 aliphatic rings. The zero-order valence-corrected chi connectivity index (χ0v) is 15.1. The van der Waals surface area contributed by atoms with Crippen LogP contribution in [0.25, 0.3) is 0 Å². The molecule has 0 radical (unpaired) electrons. The van der Waals surface area contributed by atoms with Crippen LogP contribution in [0.4, 0.5) is 0 Å². The molecule has 0 aliphatic carbocycles. The van der Waals surface area contributed by atoms with E-state index in [0.717, 1.165) is 6.04 Å². The summed E-state index contributed by atoms with van der Waals surface area (Å²) in [6, 6.07) is 1.31. The van der Waals surface area contributed by atoms with Gasteiger partial charge in [-0.3, -0.25) is 4.90 Å². The van der Waals surface area contributed by atoms with Gasteiger partial charge >= 0.3 is 0 Å². The third-order valence-corrected chi connectivity index (χ3v) is 6.19. The summed E-state index contributed by atoms with van der Waals surface area (Å²) < 4.78 is 0. The Morgan fingerprint density at radius 2 is 1.30 bits per heavy atom. The average molecular weight is 324 g/mol. The maximum Gasteiger partial charge on any atom is 0.0121 e. The molecule has 134 valence electrons. The fourth-order valence-electron chi connectivity index (χ4n) is 4.41. The van der Waals surface area contributed by atoms with E-state index in [-0.39, 0.29) is 0 Å². The molecule has 3 saturated heterocycles. The van der Waals surface area contributed by atoms with Crippen LogP contribution in [0.1, 0.15) is 32.1 Å². The molecule has 23 heavy (non-hydrogen) atoms. The monoisotopic (exact) mass is 323 g/mol. The summed E-state index contributed by atoms with van der Waals surface area (Å²) in [5, 5.41) is 0. The van der Waals surface area contributed by atoms with Gasteiger partial charge in [0.1, 0.15) is 0 Å². The van der Waals surface area contributed by atoms with Gasteiger partial charge in [-0.2, -0.15) is 0 Å². The minimum absolute atomic E-state index is 0.457. The van der Waals surface area contributed by atoms with Gasteiger partial charge in [0, 0.05) is 38.3 Å². The van der Waals surface area contributed by atoms with Crippen molar-refractivity contribution >= 4 is 0 Å². The normalized spacial score (nSPS) is 28.4. The number of hydrogen-bond acceptors (Lipinski definition) is 5. The molecule has 3 fully saturated rings. The van der Waals surface area contributed by atoms with Gasteiger partial charge in [-0.15, -0.1) is 0 Å². The Balaban J connectivity index is 1.27. The van der Waals surface area contributed by atoms with Crippen molar-refractivity contribution in [3.8, 4) is 0 Å². The highest BCUT2D eigenvalue weighted by Crippen LogP contribution is 2.17. The van der Waals surface area contributed by atoms with Crippen LogP contribution >= 0.6 is 0 Å². The van der Waals surface area contributed by atoms with Gasteiger partial charge in [0.15, 0.2) is 0 Å². The number of likely N-dealkylation sites (tertiary alicyclic amines) is 2. The van der Waals surface area contributed by atoms with Crippen LogP contribution in [0.3, 0.4) is 0 Å². The standard InChI is InChI=1S/C18H37N5/c1-20-9-5-18(6-10-20)23-15-13-22(14-16-23)8-2-7-21-11-3-17(19)4-12-21/h17-18H,2-16,19H2,1H3. The first-order chi connectivity index (χ1) is 11.2. The number of nitrogens with zero attached hydrogens (tertiary/aromatic N) is 4. The highest BCUT2D eigenvalue weighted by atomic mass is 15.3. The number of nitrogens with two attached hydrogens (primary N) is 1. The van der Waals surface area contributed by atoms with E-state index >= 15 is 0 Å². The third-order valence-electron chi connectivity index (χ3n) is 6.19. The van der Waals surface area contributed by atoms with E-state index in [2.05, 4.69) is 26.6 Å². The van der Waals surface area contributed by atoms with Crippen LogP contribution in [0.2, 0.25) is 0 Å². The second-order valence-electron chi connectivity index (χ2n) is 7.94. The zero-order valence-electron chi connectivity index (χ0n) is 15.1. The van der Waals surface area contributed by atoms with Gasteiger partial charge in [-0.05, 0) is 78.4 Å². The predicted octanol–water partition coefficient (Wildman–Crippen LogP) is 0.511. The first kappa shape index (κ1) is 17.6. The Morgan fingerprint density at radius 3 is 1.91 bits per heavy atom. The SMILES string of the molecule is CN1CCC(N2CCN(CCCN3CCC(N)CC3)CC2)CC1. The lowest BCUT2D eigenvalue weighted by Gasteiger charge is -2.42. The fourth-order valence-corrected chi connectivity index (χ4v) is 4.41. The van der Waals surface area contributed by atoms with Crippen LogP contribution in [0.5, 0.6) is 0 Å². The summed E-state index contributed by atoms with van der Waals surface area (Å²) in [5.74, 6) is 0. The highest BCUT2D eigenvalue weighted by Gasteiger charge is 2.26. The second kappa shape index (κ2) is 8.77. The summed E-state index contributed by atoms with van der Waals surface area (Å²) in [6.45, 7) is 12.7. The van der Waals surface area contributed by atoms with Crippen molar-refractivity contribution in [3.63, 3.8) is 0 Å². The maximum absolute atomic E-state index is 5.98. The summed E-state index contributed by atoms with van der Waals surface area (Å²) >= 11 is 0. The number of hydrogen-bond donors (Lipinski definition) is 1. The molecule has 0 aromatic carbocycles. The van der Waals surface area contributed by atoms with Gasteiger partial charge in [-0.25, -0.2) is 0 Å². The van der Waals surface area contributed by atoms with Crippen molar-refractivity contribution in [2.24, 2.45) is 5.73 Å². The lowest BCUT2D eigenvalue weighted by molar-refractivity contribution is 0.0625. The van der Waals surface area contributed by atoms with E-state index in [0.29, 0.717) is 6.04 Å². The lowest BCUT2D eigenvalue weighted by Crippen LogP contribution is -2.53. The summed E-state index contributed by atoms with van der Waals surface area (Å²) in [4.78, 5) is 10.5. The van der Waals surface area contributed by atoms with Crippen LogP contribution in [-0.2, 0) is 0 Å². The Labute approximate surface area is 142 Å². The Kier molecular flexibility index (Phi) is 6.72. The van der Waals surface area contributed by atoms with Gasteiger partial charge in [0.25, 0.3) is 0 Å². The molecule has 3 heterocycles. The van der Waals surface area contributed by atoms with Crippen molar-refractivity contribution in [2.45, 2.75) is 44.2 Å². The molecule has 0 spiro atoms. The minimum atomic E-state index is 0.457. The minimum Gasteiger partial charge on any atom is -0.328 e. The Hall–Kier alpha value is -0.200. The quantitative estimate of drug-likeness (QED) is 0.798. The molecule has 3 aliphatic heterocycles. The highest BCUT2D eigenvalue weighted by molar-refractivity contribution is 4.83. The molecule has 0 saturated carbocycles. The first-order valence-corrected chi connectivity index (χ1v) is 9.83. The molecule has 0 aromatic rings. The molecule has 5 nitrogen and oxygen atoms in total. The number of rotatable bonds is 5. The molecule has 3 rings (SSSR count). The third kappa shape index (κ3) is 5.40. The van der Waals surface area contributed by atoms with Crippen molar-refractivity contribution in [1.29, 1.82) is 0 Å². The number of piperidine rings is 2. The molecule has 0 unspecified atom stereocenters. The molecule has 0 amide bonds. The van der Waals surface area contributed by atoms with E-state index in [1.807, 2.05) is 0 Å². The summed E-state index contributed by atoms with van der Waals surface area (Å²) in [6.07, 6.45) is 6.44. The molecule has 0 bridgehead atoms. The summed E-state index contributed by atoms with van der Waals surface area (Å²) in [7, 11) is 2.25. The molecule has 0 aromatic heterocycles. The molecule has 5 heteroatoms. The van der Waals surface area contributed by atoms with Crippen molar-refractivity contribution in [3.05, 3.63) is 0 Å². The lowest BCUT2D eigenvalue weighted by atomic mass is 10.0. The molecule has 2 N–H and O–H groups in total. The van der Waals surface area contributed by atoms with Crippen LogP contribution in [-0.4, -0.2) is 104 Å².